The van der Waals surface area contributed by atoms with Crippen molar-refractivity contribution in [3.63, 3.8) is 0 Å². The molecule has 0 bridgehead atoms. The second-order valence-corrected chi connectivity index (χ2v) is 7.45. The van der Waals surface area contributed by atoms with E-state index >= 15 is 0 Å². The zero-order valence-electron chi connectivity index (χ0n) is 17.3. The molecule has 0 spiro atoms. The van der Waals surface area contributed by atoms with Crippen molar-refractivity contribution in [2.24, 2.45) is 0 Å². The molecule has 0 radical (unpaired) electrons. The Hall–Kier alpha value is -3.87. The van der Waals surface area contributed by atoms with Gasteiger partial charge in [-0.05, 0) is 41.3 Å². The first-order chi connectivity index (χ1) is 15.0. The highest BCUT2D eigenvalue weighted by atomic mass is 19.1. The van der Waals surface area contributed by atoms with E-state index in [0.717, 1.165) is 10.2 Å². The third-order valence-electron chi connectivity index (χ3n) is 4.92. The number of carbonyl (C=O) groups excluding carboxylic acids is 1. The van der Waals surface area contributed by atoms with Crippen molar-refractivity contribution in [3.8, 4) is 11.4 Å². The van der Waals surface area contributed by atoms with Gasteiger partial charge in [-0.1, -0.05) is 50.2 Å². The lowest BCUT2D eigenvalue weighted by atomic mass is 10.0. The van der Waals surface area contributed by atoms with E-state index in [9.17, 15) is 9.18 Å². The zero-order chi connectivity index (χ0) is 21.8. The van der Waals surface area contributed by atoms with Crippen molar-refractivity contribution < 1.29 is 9.18 Å². The number of carbonyl (C=O) groups is 1. The summed E-state index contributed by atoms with van der Waals surface area (Å²) in [6.45, 7) is 4.72. The molecule has 0 saturated carbocycles. The predicted octanol–water partition coefficient (Wildman–Crippen LogP) is 4.90. The average molecular weight is 415 g/mol. The Balaban J connectivity index is 1.65. The molecule has 31 heavy (non-hydrogen) atoms. The van der Waals surface area contributed by atoms with Crippen LogP contribution in [0.3, 0.4) is 0 Å². The van der Waals surface area contributed by atoms with Gasteiger partial charge in [0.15, 0.2) is 5.82 Å². The molecule has 0 aliphatic heterocycles. The molecule has 0 fully saturated rings. The molecule has 4 rings (SSSR count). The number of benzene rings is 2. The Labute approximate surface area is 179 Å². The van der Waals surface area contributed by atoms with Crippen molar-refractivity contribution in [2.75, 3.05) is 5.32 Å². The number of aromatic nitrogens is 4. The lowest BCUT2D eigenvalue weighted by Gasteiger charge is -2.09. The average Bonchev–Trinajstić information content (AvgIpc) is 3.23. The number of hydrogen-bond donors (Lipinski definition) is 1. The first kappa shape index (κ1) is 20.4. The number of halogens is 1. The Morgan fingerprint density at radius 1 is 1.06 bits per heavy atom. The van der Waals surface area contributed by atoms with Gasteiger partial charge >= 0.3 is 0 Å². The fourth-order valence-corrected chi connectivity index (χ4v) is 3.14. The van der Waals surface area contributed by atoms with Crippen molar-refractivity contribution in [2.45, 2.75) is 26.3 Å². The molecule has 6 nitrogen and oxygen atoms in total. The Kier molecular flexibility index (Phi) is 5.84. The Bertz CT molecular complexity index is 1190. The predicted molar refractivity (Wildman–Crippen MR) is 117 cm³/mol. The third-order valence-corrected chi connectivity index (χ3v) is 4.92. The number of nitrogens with one attached hydrogen (secondary N) is 1. The standard InChI is InChI=1S/C24H22FN5O/c1-16(2)18-11-9-17(10-12-18)14-27-24-28-22(19-6-5-13-26-15-19)29-30(24)23(31)20-7-3-4-8-21(20)25/h3-13,15-16H,14H2,1-2H3,(H,27,28,29). The number of anilines is 1. The van der Waals surface area contributed by atoms with Crippen molar-refractivity contribution in [1.82, 2.24) is 19.7 Å². The third kappa shape index (κ3) is 4.50. The molecular formula is C24H22FN5O. The maximum Gasteiger partial charge on any atom is 0.284 e. The van der Waals surface area contributed by atoms with Crippen LogP contribution in [0.25, 0.3) is 11.4 Å². The minimum Gasteiger partial charge on any atom is -0.350 e. The van der Waals surface area contributed by atoms with E-state index in [1.807, 2.05) is 12.1 Å². The summed E-state index contributed by atoms with van der Waals surface area (Å²) >= 11 is 0. The minimum absolute atomic E-state index is 0.0746. The summed E-state index contributed by atoms with van der Waals surface area (Å²) < 4.78 is 15.3. The largest absolute Gasteiger partial charge is 0.350 e. The van der Waals surface area contributed by atoms with Crippen LogP contribution in [0, 0.1) is 5.82 Å². The smallest absolute Gasteiger partial charge is 0.284 e. The molecule has 0 atom stereocenters. The van der Waals surface area contributed by atoms with Crippen molar-refractivity contribution in [3.05, 3.63) is 95.6 Å². The van der Waals surface area contributed by atoms with Crippen LogP contribution in [-0.4, -0.2) is 25.7 Å². The fraction of sp³-hybridized carbons (Fsp3) is 0.167. The summed E-state index contributed by atoms with van der Waals surface area (Å²) in [6.07, 6.45) is 3.26. The van der Waals surface area contributed by atoms with Gasteiger partial charge in [0.05, 0.1) is 5.56 Å². The topological polar surface area (TPSA) is 72.7 Å². The molecule has 0 aliphatic carbocycles. The van der Waals surface area contributed by atoms with Crippen LogP contribution >= 0.6 is 0 Å². The van der Waals surface area contributed by atoms with Crippen LogP contribution in [0.1, 0.15) is 41.3 Å². The molecule has 0 unspecified atom stereocenters. The maximum atomic E-state index is 14.2. The molecule has 0 aliphatic rings. The highest BCUT2D eigenvalue weighted by Gasteiger charge is 2.21. The Morgan fingerprint density at radius 2 is 1.84 bits per heavy atom. The second-order valence-electron chi connectivity index (χ2n) is 7.45. The van der Waals surface area contributed by atoms with Crippen LogP contribution in [0.2, 0.25) is 0 Å². The summed E-state index contributed by atoms with van der Waals surface area (Å²) in [5.74, 6) is -0.194. The lowest BCUT2D eigenvalue weighted by molar-refractivity contribution is 0.0943. The molecule has 0 saturated heterocycles. The van der Waals surface area contributed by atoms with Gasteiger partial charge in [0.2, 0.25) is 5.95 Å². The van der Waals surface area contributed by atoms with E-state index in [-0.39, 0.29) is 11.5 Å². The SMILES string of the molecule is CC(C)c1ccc(CNc2nc(-c3cccnc3)nn2C(=O)c2ccccc2F)cc1. The van der Waals surface area contributed by atoms with Gasteiger partial charge in [-0.15, -0.1) is 5.10 Å². The fourth-order valence-electron chi connectivity index (χ4n) is 3.14. The summed E-state index contributed by atoms with van der Waals surface area (Å²) in [5.41, 5.74) is 2.86. The van der Waals surface area contributed by atoms with Gasteiger partial charge in [-0.25, -0.2) is 4.39 Å². The normalized spacial score (nSPS) is 11.0. The van der Waals surface area contributed by atoms with Crippen molar-refractivity contribution in [1.29, 1.82) is 0 Å². The van der Waals surface area contributed by atoms with E-state index in [4.69, 9.17) is 0 Å². The van der Waals surface area contributed by atoms with E-state index in [1.54, 1.807) is 30.6 Å². The number of rotatable bonds is 6. The second kappa shape index (κ2) is 8.87. The van der Waals surface area contributed by atoms with Gasteiger partial charge in [0, 0.05) is 24.5 Å². The van der Waals surface area contributed by atoms with Crippen LogP contribution in [0.5, 0.6) is 0 Å². The lowest BCUT2D eigenvalue weighted by Crippen LogP contribution is -2.18. The summed E-state index contributed by atoms with van der Waals surface area (Å²) in [6, 6.07) is 17.6. The van der Waals surface area contributed by atoms with Gasteiger partial charge in [-0.2, -0.15) is 9.67 Å². The Morgan fingerprint density at radius 3 is 2.52 bits per heavy atom. The minimum atomic E-state index is -0.610. The molecule has 2 aromatic carbocycles. The molecule has 7 heteroatoms. The van der Waals surface area contributed by atoms with Gasteiger partial charge in [-0.3, -0.25) is 9.78 Å². The number of pyridine rings is 1. The molecule has 0 amide bonds. The number of hydrogen-bond acceptors (Lipinski definition) is 5. The maximum absolute atomic E-state index is 14.2. The highest BCUT2D eigenvalue weighted by Crippen LogP contribution is 2.20. The number of nitrogens with zero attached hydrogens (tertiary/aromatic N) is 4. The first-order valence-electron chi connectivity index (χ1n) is 10.0. The molecule has 2 aromatic heterocycles. The van der Waals surface area contributed by atoms with Crippen LogP contribution in [-0.2, 0) is 6.54 Å². The molecule has 2 heterocycles. The van der Waals surface area contributed by atoms with Crippen LogP contribution < -0.4 is 5.32 Å². The van der Waals surface area contributed by atoms with Crippen LogP contribution in [0.4, 0.5) is 10.3 Å². The molecule has 1 N–H and O–H groups in total. The van der Waals surface area contributed by atoms with E-state index in [0.29, 0.717) is 23.9 Å². The van der Waals surface area contributed by atoms with Gasteiger partial charge in [0.1, 0.15) is 5.82 Å². The molecule has 4 aromatic rings. The van der Waals surface area contributed by atoms with Gasteiger partial charge < -0.3 is 5.32 Å². The van der Waals surface area contributed by atoms with Crippen molar-refractivity contribution >= 4 is 11.9 Å². The monoisotopic (exact) mass is 415 g/mol. The van der Waals surface area contributed by atoms with E-state index in [1.165, 1.54) is 23.8 Å². The zero-order valence-corrected chi connectivity index (χ0v) is 17.3. The summed E-state index contributed by atoms with van der Waals surface area (Å²) in [5, 5.41) is 7.50. The van der Waals surface area contributed by atoms with E-state index < -0.39 is 11.7 Å². The first-order valence-corrected chi connectivity index (χ1v) is 10.0. The molecular weight excluding hydrogens is 393 g/mol. The van der Waals surface area contributed by atoms with Crippen LogP contribution in [0.15, 0.2) is 73.1 Å². The highest BCUT2D eigenvalue weighted by molar-refractivity contribution is 5.97. The summed E-state index contributed by atoms with van der Waals surface area (Å²) in [7, 11) is 0. The molecule has 156 valence electrons. The van der Waals surface area contributed by atoms with E-state index in [2.05, 4.69) is 46.4 Å². The van der Waals surface area contributed by atoms with Gasteiger partial charge in [0.25, 0.3) is 5.91 Å². The quantitative estimate of drug-likeness (QED) is 0.485. The summed E-state index contributed by atoms with van der Waals surface area (Å²) in [4.78, 5) is 21.6.